The average molecular weight is 325 g/mol. The minimum absolute atomic E-state index is 0.482. The fourth-order valence-corrected chi connectivity index (χ4v) is 2.12. The number of benzene rings is 2. The number of aliphatic carboxylic acids is 2. The zero-order valence-electron chi connectivity index (χ0n) is 12.6. The van der Waals surface area contributed by atoms with Crippen LogP contribution in [-0.2, 0) is 14.4 Å². The number of hydrogen-bond donors (Lipinski definition) is 2. The van der Waals surface area contributed by atoms with Gasteiger partial charge in [0.25, 0.3) is 5.91 Å². The molecule has 6 heteroatoms. The summed E-state index contributed by atoms with van der Waals surface area (Å²) >= 11 is 0. The highest BCUT2D eigenvalue weighted by molar-refractivity contribution is 6.10. The quantitative estimate of drug-likeness (QED) is 0.796. The predicted octanol–water partition coefficient (Wildman–Crippen LogP) is 2.84. The third kappa shape index (κ3) is 4.30. The lowest BCUT2D eigenvalue weighted by Crippen LogP contribution is -2.25. The summed E-state index contributed by atoms with van der Waals surface area (Å²) in [5.41, 5.74) is 0.611. The van der Waals surface area contributed by atoms with E-state index < -0.39 is 29.8 Å². The second-order valence-corrected chi connectivity index (χ2v) is 4.89. The molecule has 0 unspecified atom stereocenters. The highest BCUT2D eigenvalue weighted by atomic mass is 16.4. The molecule has 24 heavy (non-hydrogen) atoms. The van der Waals surface area contributed by atoms with Crippen LogP contribution in [-0.4, -0.2) is 28.1 Å². The number of amides is 1. The molecule has 2 rings (SSSR count). The predicted molar refractivity (Wildman–Crippen MR) is 88.0 cm³/mol. The summed E-state index contributed by atoms with van der Waals surface area (Å²) in [6.45, 7) is 0. The number of carbonyl (C=O) groups is 3. The number of carboxylic acid groups (broad SMARTS) is 2. The highest BCUT2D eigenvalue weighted by Crippen LogP contribution is 2.25. The smallest absolute Gasteiger partial charge is 0.332 e. The Kier molecular flexibility index (Phi) is 5.46. The maximum atomic E-state index is 12.6. The van der Waals surface area contributed by atoms with E-state index in [2.05, 4.69) is 0 Å². The van der Waals surface area contributed by atoms with Gasteiger partial charge in [0, 0.05) is 17.5 Å². The second-order valence-electron chi connectivity index (χ2n) is 4.89. The number of anilines is 2. The molecule has 2 aromatic carbocycles. The Balaban J connectivity index is 2.45. The highest BCUT2D eigenvalue weighted by Gasteiger charge is 2.20. The Morgan fingerprint density at radius 1 is 0.833 bits per heavy atom. The van der Waals surface area contributed by atoms with E-state index in [-0.39, 0.29) is 0 Å². The van der Waals surface area contributed by atoms with Crippen LogP contribution in [0.2, 0.25) is 0 Å². The standard InChI is InChI=1S/C18H15NO5/c20-16(11-13(18(23)24)12-17(21)22)19(14-7-3-1-4-8-14)15-9-5-2-6-10-15/h1-11H,12H2,(H,21,22)(H,23,24). The summed E-state index contributed by atoms with van der Waals surface area (Å²) in [5, 5.41) is 17.9. The van der Waals surface area contributed by atoms with Gasteiger partial charge in [0.15, 0.2) is 0 Å². The molecule has 0 saturated carbocycles. The molecule has 2 aromatic rings. The molecule has 0 heterocycles. The third-order valence-corrected chi connectivity index (χ3v) is 3.16. The van der Waals surface area contributed by atoms with Crippen molar-refractivity contribution in [2.24, 2.45) is 0 Å². The van der Waals surface area contributed by atoms with Gasteiger partial charge in [-0.05, 0) is 24.3 Å². The van der Waals surface area contributed by atoms with Crippen molar-refractivity contribution >= 4 is 29.2 Å². The molecule has 122 valence electrons. The normalized spacial score (nSPS) is 10.9. The third-order valence-electron chi connectivity index (χ3n) is 3.16. The van der Waals surface area contributed by atoms with Gasteiger partial charge in [-0.1, -0.05) is 36.4 Å². The fourth-order valence-electron chi connectivity index (χ4n) is 2.12. The molecule has 0 bridgehead atoms. The van der Waals surface area contributed by atoms with E-state index in [1.165, 1.54) is 4.90 Å². The minimum atomic E-state index is -1.44. The molecule has 0 aliphatic heterocycles. The molecule has 0 fully saturated rings. The van der Waals surface area contributed by atoms with Crippen LogP contribution in [0.25, 0.3) is 0 Å². The van der Waals surface area contributed by atoms with Gasteiger partial charge in [0.1, 0.15) is 0 Å². The van der Waals surface area contributed by atoms with E-state index in [4.69, 9.17) is 10.2 Å². The average Bonchev–Trinajstić information content (AvgIpc) is 2.56. The molecule has 0 aromatic heterocycles. The van der Waals surface area contributed by atoms with E-state index in [9.17, 15) is 14.4 Å². The van der Waals surface area contributed by atoms with Crippen molar-refractivity contribution in [1.29, 1.82) is 0 Å². The van der Waals surface area contributed by atoms with E-state index in [1.54, 1.807) is 60.7 Å². The van der Waals surface area contributed by atoms with Crippen molar-refractivity contribution in [3.8, 4) is 0 Å². The minimum Gasteiger partial charge on any atom is -0.481 e. The molecule has 0 atom stereocenters. The summed E-state index contributed by atoms with van der Waals surface area (Å²) in [6.07, 6.45) is 0.106. The first-order valence-corrected chi connectivity index (χ1v) is 7.09. The van der Waals surface area contributed by atoms with E-state index >= 15 is 0 Å². The van der Waals surface area contributed by atoms with Crippen molar-refractivity contribution in [3.63, 3.8) is 0 Å². The van der Waals surface area contributed by atoms with Gasteiger partial charge >= 0.3 is 11.9 Å². The molecule has 0 spiro atoms. The van der Waals surface area contributed by atoms with Crippen LogP contribution >= 0.6 is 0 Å². The van der Waals surface area contributed by atoms with Crippen LogP contribution < -0.4 is 4.90 Å². The summed E-state index contributed by atoms with van der Waals surface area (Å²) < 4.78 is 0. The Labute approximate surface area is 138 Å². The molecule has 2 N–H and O–H groups in total. The molecule has 6 nitrogen and oxygen atoms in total. The Morgan fingerprint density at radius 2 is 1.29 bits per heavy atom. The van der Waals surface area contributed by atoms with Crippen LogP contribution in [0.4, 0.5) is 11.4 Å². The van der Waals surface area contributed by atoms with Crippen LogP contribution in [0.3, 0.4) is 0 Å². The van der Waals surface area contributed by atoms with Crippen molar-refractivity contribution in [2.45, 2.75) is 6.42 Å². The largest absolute Gasteiger partial charge is 0.481 e. The lowest BCUT2D eigenvalue weighted by atomic mass is 10.1. The van der Waals surface area contributed by atoms with Gasteiger partial charge in [-0.3, -0.25) is 14.5 Å². The van der Waals surface area contributed by atoms with Gasteiger partial charge in [-0.15, -0.1) is 0 Å². The van der Waals surface area contributed by atoms with E-state index in [1.807, 2.05) is 0 Å². The first-order chi connectivity index (χ1) is 11.5. The number of para-hydroxylation sites is 2. The summed E-state index contributed by atoms with van der Waals surface area (Å²) in [6, 6.07) is 17.4. The van der Waals surface area contributed by atoms with Gasteiger partial charge in [-0.2, -0.15) is 0 Å². The molecule has 0 aliphatic rings. The Bertz CT molecular complexity index is 729. The number of nitrogens with zero attached hydrogens (tertiary/aromatic N) is 1. The van der Waals surface area contributed by atoms with Gasteiger partial charge in [-0.25, -0.2) is 4.79 Å². The monoisotopic (exact) mass is 325 g/mol. The summed E-state index contributed by atoms with van der Waals surface area (Å²) in [5.74, 6) is -3.39. The van der Waals surface area contributed by atoms with Crippen LogP contribution in [0, 0.1) is 0 Å². The van der Waals surface area contributed by atoms with Crippen molar-refractivity contribution < 1.29 is 24.6 Å². The second kappa shape index (κ2) is 7.73. The number of rotatable bonds is 6. The lowest BCUT2D eigenvalue weighted by molar-refractivity contribution is -0.139. The number of hydrogen-bond acceptors (Lipinski definition) is 3. The van der Waals surface area contributed by atoms with E-state index in [0.29, 0.717) is 11.4 Å². The summed E-state index contributed by atoms with van der Waals surface area (Å²) in [4.78, 5) is 35.9. The maximum absolute atomic E-state index is 12.6. The van der Waals surface area contributed by atoms with Crippen molar-refractivity contribution in [3.05, 3.63) is 72.3 Å². The number of carbonyl (C=O) groups excluding carboxylic acids is 1. The van der Waals surface area contributed by atoms with Crippen molar-refractivity contribution in [1.82, 2.24) is 0 Å². The maximum Gasteiger partial charge on any atom is 0.332 e. The van der Waals surface area contributed by atoms with Crippen LogP contribution in [0.15, 0.2) is 72.3 Å². The molecular weight excluding hydrogens is 310 g/mol. The number of carboxylic acids is 2. The van der Waals surface area contributed by atoms with E-state index in [0.717, 1.165) is 6.08 Å². The summed E-state index contributed by atoms with van der Waals surface area (Å²) in [7, 11) is 0. The zero-order valence-corrected chi connectivity index (χ0v) is 12.6. The van der Waals surface area contributed by atoms with Crippen LogP contribution in [0.5, 0.6) is 0 Å². The first kappa shape index (κ1) is 17.0. The molecule has 0 aliphatic carbocycles. The zero-order chi connectivity index (χ0) is 17.5. The fraction of sp³-hybridized carbons (Fsp3) is 0.0556. The SMILES string of the molecule is O=C(O)CC(=CC(=O)N(c1ccccc1)c1ccccc1)C(=O)O. The topological polar surface area (TPSA) is 94.9 Å². The van der Waals surface area contributed by atoms with Gasteiger partial charge in [0.2, 0.25) is 0 Å². The molecular formula is C18H15NO5. The molecule has 0 saturated heterocycles. The van der Waals surface area contributed by atoms with Crippen molar-refractivity contribution in [2.75, 3.05) is 4.90 Å². The molecule has 0 radical (unpaired) electrons. The Morgan fingerprint density at radius 3 is 1.67 bits per heavy atom. The molecule has 1 amide bonds. The Hall–Kier alpha value is -3.41. The lowest BCUT2D eigenvalue weighted by Gasteiger charge is -2.21. The first-order valence-electron chi connectivity index (χ1n) is 7.09. The van der Waals surface area contributed by atoms with Crippen LogP contribution in [0.1, 0.15) is 6.42 Å². The van der Waals surface area contributed by atoms with Gasteiger partial charge < -0.3 is 10.2 Å². The van der Waals surface area contributed by atoms with Gasteiger partial charge in [0.05, 0.1) is 12.0 Å².